The summed E-state index contributed by atoms with van der Waals surface area (Å²) in [6.07, 6.45) is -4.43. The van der Waals surface area contributed by atoms with Gasteiger partial charge in [0.25, 0.3) is 0 Å². The third-order valence-corrected chi connectivity index (χ3v) is 2.84. The molecule has 8 heteroatoms. The zero-order chi connectivity index (χ0) is 15.5. The number of methoxy groups -OCH3 is 1. The van der Waals surface area contributed by atoms with Crippen molar-refractivity contribution in [2.75, 3.05) is 26.9 Å². The molecule has 1 heterocycles. The number of benzene rings is 1. The second kappa shape index (κ2) is 6.21. The lowest BCUT2D eigenvalue weighted by Gasteiger charge is -2.22. The Labute approximate surface area is 119 Å². The number of halogens is 3. The molecule has 0 spiro atoms. The minimum absolute atomic E-state index is 0.315. The maximum atomic E-state index is 12.3. The van der Waals surface area contributed by atoms with Crippen molar-refractivity contribution < 1.29 is 32.2 Å². The van der Waals surface area contributed by atoms with E-state index in [1.165, 1.54) is 12.1 Å². The maximum Gasteiger partial charge on any atom is 0.401 e. The van der Waals surface area contributed by atoms with Crippen LogP contribution in [0, 0.1) is 0 Å². The molecule has 1 atom stereocenters. The van der Waals surface area contributed by atoms with Crippen LogP contribution in [-0.4, -0.2) is 39.0 Å². The van der Waals surface area contributed by atoms with E-state index in [1.807, 2.05) is 0 Å². The van der Waals surface area contributed by atoms with E-state index in [-0.39, 0.29) is 0 Å². The molecule has 1 aliphatic rings. The Bertz CT molecular complexity index is 519. The van der Waals surface area contributed by atoms with Gasteiger partial charge in [-0.05, 0) is 17.7 Å². The fraction of sp³-hybridized carbons (Fsp3) is 0.462. The summed E-state index contributed by atoms with van der Waals surface area (Å²) in [5.41, 5.74) is 0.315. The van der Waals surface area contributed by atoms with Crippen LogP contribution in [0.25, 0.3) is 0 Å². The molecule has 0 radical (unpaired) electrons. The van der Waals surface area contributed by atoms with E-state index in [1.54, 1.807) is 6.07 Å². The van der Waals surface area contributed by atoms with Gasteiger partial charge in [-0.3, -0.25) is 5.32 Å². The van der Waals surface area contributed by atoms with Crippen LogP contribution in [0.2, 0.25) is 0 Å². The third kappa shape index (κ3) is 4.01. The van der Waals surface area contributed by atoms with Crippen molar-refractivity contribution in [2.45, 2.75) is 12.2 Å². The van der Waals surface area contributed by atoms with Crippen LogP contribution >= 0.6 is 0 Å². The molecule has 1 N–H and O–H groups in total. The lowest BCUT2D eigenvalue weighted by molar-refractivity contribution is -0.146. The molecule has 0 saturated carbocycles. The van der Waals surface area contributed by atoms with E-state index >= 15 is 0 Å². The monoisotopic (exact) mass is 305 g/mol. The minimum atomic E-state index is -4.43. The van der Waals surface area contributed by atoms with Crippen molar-refractivity contribution in [2.24, 2.45) is 0 Å². The molecule has 1 aromatic rings. The average molecular weight is 305 g/mol. The van der Waals surface area contributed by atoms with E-state index in [2.05, 4.69) is 10.1 Å². The van der Waals surface area contributed by atoms with Crippen LogP contribution in [0.1, 0.15) is 11.6 Å². The SMILES string of the molecule is COC(=O)C(NCC(F)(F)F)c1ccc2c(c1)OCCO2. The smallest absolute Gasteiger partial charge is 0.401 e. The van der Waals surface area contributed by atoms with Crippen LogP contribution in [0.5, 0.6) is 11.5 Å². The molecule has 0 aromatic heterocycles. The Morgan fingerprint density at radius 2 is 2.00 bits per heavy atom. The van der Waals surface area contributed by atoms with Crippen molar-refractivity contribution >= 4 is 5.97 Å². The zero-order valence-electron chi connectivity index (χ0n) is 11.2. The number of esters is 1. The fourth-order valence-corrected chi connectivity index (χ4v) is 1.91. The largest absolute Gasteiger partial charge is 0.486 e. The second-order valence-corrected chi connectivity index (χ2v) is 4.36. The fourth-order valence-electron chi connectivity index (χ4n) is 1.91. The highest BCUT2D eigenvalue weighted by Gasteiger charge is 2.31. The average Bonchev–Trinajstić information content (AvgIpc) is 2.45. The predicted octanol–water partition coefficient (Wildman–Crippen LogP) is 1.82. The Kier molecular flexibility index (Phi) is 4.56. The van der Waals surface area contributed by atoms with Crippen molar-refractivity contribution in [3.8, 4) is 11.5 Å². The standard InChI is InChI=1S/C13H14F3NO4/c1-19-12(18)11(17-7-13(14,15)16)8-2-3-9-10(6-8)21-5-4-20-9/h2-3,6,11,17H,4-5,7H2,1H3. The molecule has 0 bridgehead atoms. The number of ether oxygens (including phenoxy) is 3. The highest BCUT2D eigenvalue weighted by atomic mass is 19.4. The highest BCUT2D eigenvalue weighted by molar-refractivity contribution is 5.78. The van der Waals surface area contributed by atoms with Crippen molar-refractivity contribution in [3.05, 3.63) is 23.8 Å². The lowest BCUT2D eigenvalue weighted by Crippen LogP contribution is -2.36. The van der Waals surface area contributed by atoms with Gasteiger partial charge in [0.2, 0.25) is 0 Å². The maximum absolute atomic E-state index is 12.3. The van der Waals surface area contributed by atoms with Gasteiger partial charge in [0.05, 0.1) is 13.7 Å². The molecule has 1 aromatic carbocycles. The highest BCUT2D eigenvalue weighted by Crippen LogP contribution is 2.33. The summed E-state index contributed by atoms with van der Waals surface area (Å²) in [4.78, 5) is 11.7. The number of hydrogen-bond acceptors (Lipinski definition) is 5. The van der Waals surface area contributed by atoms with Crippen LogP contribution in [-0.2, 0) is 9.53 Å². The number of carbonyl (C=O) groups is 1. The Hall–Kier alpha value is -1.96. The summed E-state index contributed by atoms with van der Waals surface area (Å²) >= 11 is 0. The first kappa shape index (κ1) is 15.4. The summed E-state index contributed by atoms with van der Waals surface area (Å²) in [7, 11) is 1.11. The minimum Gasteiger partial charge on any atom is -0.486 e. The van der Waals surface area contributed by atoms with Crippen molar-refractivity contribution in [1.82, 2.24) is 5.32 Å². The van der Waals surface area contributed by atoms with E-state index in [0.717, 1.165) is 7.11 Å². The number of nitrogens with one attached hydrogen (secondary N) is 1. The van der Waals surface area contributed by atoms with Gasteiger partial charge in [0.15, 0.2) is 11.5 Å². The zero-order valence-corrected chi connectivity index (χ0v) is 11.2. The first-order valence-corrected chi connectivity index (χ1v) is 6.18. The summed E-state index contributed by atoms with van der Waals surface area (Å²) in [5, 5.41) is 2.14. The lowest BCUT2D eigenvalue weighted by atomic mass is 10.1. The molecule has 1 unspecified atom stereocenters. The predicted molar refractivity (Wildman–Crippen MR) is 66.2 cm³/mol. The van der Waals surface area contributed by atoms with Crippen molar-refractivity contribution in [1.29, 1.82) is 0 Å². The van der Waals surface area contributed by atoms with Gasteiger partial charge in [-0.1, -0.05) is 6.07 Å². The van der Waals surface area contributed by atoms with Gasteiger partial charge >= 0.3 is 12.1 Å². The molecule has 21 heavy (non-hydrogen) atoms. The Balaban J connectivity index is 2.21. The van der Waals surface area contributed by atoms with E-state index < -0.39 is 24.7 Å². The molecule has 0 aliphatic carbocycles. The summed E-state index contributed by atoms with van der Waals surface area (Å²) in [6.45, 7) is -0.560. The molecule has 0 fully saturated rings. The molecule has 0 saturated heterocycles. The van der Waals surface area contributed by atoms with Gasteiger partial charge in [0.1, 0.15) is 19.3 Å². The number of hydrogen-bond donors (Lipinski definition) is 1. The van der Waals surface area contributed by atoms with Crippen LogP contribution in [0.15, 0.2) is 18.2 Å². The van der Waals surface area contributed by atoms with Crippen LogP contribution in [0.4, 0.5) is 13.2 Å². The topological polar surface area (TPSA) is 56.8 Å². The molecule has 5 nitrogen and oxygen atoms in total. The number of fused-ring (bicyclic) bond motifs is 1. The first-order chi connectivity index (χ1) is 9.90. The van der Waals surface area contributed by atoms with Crippen LogP contribution in [0.3, 0.4) is 0 Å². The third-order valence-electron chi connectivity index (χ3n) is 2.84. The van der Waals surface area contributed by atoms with E-state index in [9.17, 15) is 18.0 Å². The van der Waals surface area contributed by atoms with Gasteiger partial charge in [-0.2, -0.15) is 13.2 Å². The van der Waals surface area contributed by atoms with Gasteiger partial charge in [-0.15, -0.1) is 0 Å². The molecule has 0 amide bonds. The number of alkyl halides is 3. The normalized spacial score (nSPS) is 15.4. The molecule has 1 aliphatic heterocycles. The first-order valence-electron chi connectivity index (χ1n) is 6.18. The Morgan fingerprint density at radius 1 is 1.33 bits per heavy atom. The second-order valence-electron chi connectivity index (χ2n) is 4.36. The van der Waals surface area contributed by atoms with E-state index in [0.29, 0.717) is 30.3 Å². The molecule has 2 rings (SSSR count). The number of rotatable bonds is 4. The van der Waals surface area contributed by atoms with Crippen LogP contribution < -0.4 is 14.8 Å². The van der Waals surface area contributed by atoms with Gasteiger partial charge < -0.3 is 14.2 Å². The molecular weight excluding hydrogens is 291 g/mol. The van der Waals surface area contributed by atoms with E-state index in [4.69, 9.17) is 9.47 Å². The quantitative estimate of drug-likeness (QED) is 0.860. The number of carbonyl (C=O) groups excluding carboxylic acids is 1. The van der Waals surface area contributed by atoms with Gasteiger partial charge in [-0.25, -0.2) is 4.79 Å². The molecule has 116 valence electrons. The Morgan fingerprint density at radius 3 is 2.62 bits per heavy atom. The summed E-state index contributed by atoms with van der Waals surface area (Å²) in [6, 6.07) is 3.29. The summed E-state index contributed by atoms with van der Waals surface area (Å²) < 4.78 is 52.1. The molecular formula is C13H14F3NO4. The van der Waals surface area contributed by atoms with Crippen molar-refractivity contribution in [3.63, 3.8) is 0 Å². The summed E-state index contributed by atoms with van der Waals surface area (Å²) in [5.74, 6) is 0.0711. The van der Waals surface area contributed by atoms with Gasteiger partial charge in [0, 0.05) is 0 Å².